The van der Waals surface area contributed by atoms with Crippen molar-refractivity contribution in [2.45, 2.75) is 4.90 Å². The van der Waals surface area contributed by atoms with E-state index >= 15 is 0 Å². The Balaban J connectivity index is 1.78. The Morgan fingerprint density at radius 2 is 2.00 bits per heavy atom. The number of rotatable bonds is 4. The minimum atomic E-state index is -3.51. The van der Waals surface area contributed by atoms with Gasteiger partial charge in [-0.3, -0.25) is 4.57 Å². The maximum atomic E-state index is 12.0. The minimum Gasteiger partial charge on any atom is -0.327 e. The first-order chi connectivity index (χ1) is 12.5. The molecule has 1 N–H and O–H groups in total. The van der Waals surface area contributed by atoms with Crippen LogP contribution in [0.5, 0.6) is 0 Å². The Hall–Kier alpha value is -3.04. The number of aromatic nitrogens is 5. The molecular formula is C17H16N6O2S. The molecule has 0 unspecified atom stereocenters. The molecule has 0 fully saturated rings. The molecule has 0 aliphatic heterocycles. The highest BCUT2D eigenvalue weighted by Crippen LogP contribution is 2.25. The summed E-state index contributed by atoms with van der Waals surface area (Å²) in [6, 6.07) is 8.70. The predicted octanol–water partition coefficient (Wildman–Crippen LogP) is 1.73. The first-order valence-electron chi connectivity index (χ1n) is 7.84. The smallest absolute Gasteiger partial charge is 0.240 e. The Bertz CT molecular complexity index is 1180. The maximum absolute atomic E-state index is 12.0. The Labute approximate surface area is 150 Å². The zero-order valence-corrected chi connectivity index (χ0v) is 15.0. The van der Waals surface area contributed by atoms with Crippen LogP contribution in [-0.4, -0.2) is 39.6 Å². The van der Waals surface area contributed by atoms with E-state index in [0.29, 0.717) is 11.3 Å². The molecule has 132 valence electrons. The van der Waals surface area contributed by atoms with Crippen molar-refractivity contribution in [3.8, 4) is 17.2 Å². The summed E-state index contributed by atoms with van der Waals surface area (Å²) in [5, 5.41) is 0. The third kappa shape index (κ3) is 2.67. The van der Waals surface area contributed by atoms with E-state index in [9.17, 15) is 8.42 Å². The predicted molar refractivity (Wildman–Crippen MR) is 97.3 cm³/mol. The molecule has 0 atom stereocenters. The van der Waals surface area contributed by atoms with Crippen molar-refractivity contribution in [2.75, 3.05) is 7.05 Å². The van der Waals surface area contributed by atoms with Gasteiger partial charge in [0.15, 0.2) is 0 Å². The molecule has 0 aliphatic rings. The van der Waals surface area contributed by atoms with Gasteiger partial charge in [0.25, 0.3) is 0 Å². The van der Waals surface area contributed by atoms with Gasteiger partial charge in [-0.15, -0.1) is 0 Å². The van der Waals surface area contributed by atoms with Crippen LogP contribution < -0.4 is 4.72 Å². The van der Waals surface area contributed by atoms with Gasteiger partial charge in [-0.1, -0.05) is 0 Å². The lowest BCUT2D eigenvalue weighted by atomic mass is 10.2. The van der Waals surface area contributed by atoms with Crippen molar-refractivity contribution < 1.29 is 8.42 Å². The number of hydrogen-bond acceptors (Lipinski definition) is 5. The summed E-state index contributed by atoms with van der Waals surface area (Å²) in [6.07, 6.45) is 6.93. The summed E-state index contributed by atoms with van der Waals surface area (Å²) < 4.78 is 30.0. The number of sulfonamides is 1. The molecule has 0 spiro atoms. The normalized spacial score (nSPS) is 11.9. The van der Waals surface area contributed by atoms with Crippen molar-refractivity contribution >= 4 is 21.1 Å². The van der Waals surface area contributed by atoms with Crippen LogP contribution in [0, 0.1) is 0 Å². The number of pyridine rings is 1. The molecule has 1 aromatic carbocycles. The van der Waals surface area contributed by atoms with Gasteiger partial charge < -0.3 is 4.57 Å². The molecule has 8 nitrogen and oxygen atoms in total. The van der Waals surface area contributed by atoms with Gasteiger partial charge in [0.1, 0.15) is 18.0 Å². The van der Waals surface area contributed by atoms with Crippen molar-refractivity contribution in [3.05, 3.63) is 55.2 Å². The first-order valence-corrected chi connectivity index (χ1v) is 9.33. The van der Waals surface area contributed by atoms with Gasteiger partial charge in [0, 0.05) is 31.2 Å². The molecular weight excluding hydrogens is 352 g/mol. The van der Waals surface area contributed by atoms with E-state index < -0.39 is 10.0 Å². The zero-order chi connectivity index (χ0) is 18.3. The molecule has 3 aromatic heterocycles. The average molecular weight is 368 g/mol. The average Bonchev–Trinajstić information content (AvgIpc) is 3.30. The van der Waals surface area contributed by atoms with Crippen LogP contribution in [0.15, 0.2) is 60.1 Å². The van der Waals surface area contributed by atoms with Crippen LogP contribution in [0.1, 0.15) is 0 Å². The molecule has 4 rings (SSSR count). The molecule has 4 aromatic rings. The van der Waals surface area contributed by atoms with E-state index in [2.05, 4.69) is 19.7 Å². The van der Waals surface area contributed by atoms with E-state index in [1.807, 2.05) is 34.5 Å². The topological polar surface area (TPSA) is 94.7 Å². The number of hydrogen-bond donors (Lipinski definition) is 1. The highest BCUT2D eigenvalue weighted by atomic mass is 32.2. The van der Waals surface area contributed by atoms with Crippen molar-refractivity contribution in [1.29, 1.82) is 0 Å². The quantitative estimate of drug-likeness (QED) is 0.592. The zero-order valence-electron chi connectivity index (χ0n) is 14.2. The molecule has 0 amide bonds. The second-order valence-electron chi connectivity index (χ2n) is 5.73. The van der Waals surface area contributed by atoms with E-state index in [0.717, 1.165) is 16.9 Å². The fourth-order valence-corrected chi connectivity index (χ4v) is 3.54. The summed E-state index contributed by atoms with van der Waals surface area (Å²) in [4.78, 5) is 13.2. The van der Waals surface area contributed by atoms with Crippen LogP contribution in [0.25, 0.3) is 28.2 Å². The summed E-state index contributed by atoms with van der Waals surface area (Å²) in [5.74, 6) is 1.47. The molecule has 0 aliphatic carbocycles. The Morgan fingerprint density at radius 3 is 2.65 bits per heavy atom. The number of nitrogens with one attached hydrogen (secondary N) is 1. The monoisotopic (exact) mass is 368 g/mol. The van der Waals surface area contributed by atoms with Gasteiger partial charge in [-0.25, -0.2) is 28.1 Å². The van der Waals surface area contributed by atoms with Crippen LogP contribution in [-0.2, 0) is 17.1 Å². The van der Waals surface area contributed by atoms with Gasteiger partial charge in [0.05, 0.1) is 15.9 Å². The largest absolute Gasteiger partial charge is 0.327 e. The van der Waals surface area contributed by atoms with Crippen molar-refractivity contribution in [2.24, 2.45) is 7.05 Å². The number of aryl methyl sites for hydroxylation is 1. The van der Waals surface area contributed by atoms with E-state index in [-0.39, 0.29) is 4.90 Å². The van der Waals surface area contributed by atoms with Crippen LogP contribution >= 0.6 is 0 Å². The van der Waals surface area contributed by atoms with Gasteiger partial charge >= 0.3 is 0 Å². The summed E-state index contributed by atoms with van der Waals surface area (Å²) in [7, 11) is -0.234. The molecule has 0 radical (unpaired) electrons. The Morgan fingerprint density at radius 1 is 1.15 bits per heavy atom. The number of nitrogens with zero attached hydrogens (tertiary/aromatic N) is 5. The van der Waals surface area contributed by atoms with Crippen LogP contribution in [0.3, 0.4) is 0 Å². The third-order valence-electron chi connectivity index (χ3n) is 4.21. The highest BCUT2D eigenvalue weighted by molar-refractivity contribution is 7.89. The standard InChI is InChI=1S/C17H16N6O2S/c1-18-26(24,25)13-4-5-15-14(9-13)21-17(22(15)2)12-3-6-16(20-10-12)23-8-7-19-11-23/h3-11,18H,1-2H3. The van der Waals surface area contributed by atoms with Gasteiger partial charge in [-0.05, 0) is 37.4 Å². The fraction of sp³-hybridized carbons (Fsp3) is 0.118. The van der Waals surface area contributed by atoms with Crippen LogP contribution in [0.2, 0.25) is 0 Å². The molecule has 0 bridgehead atoms. The lowest BCUT2D eigenvalue weighted by Crippen LogP contribution is -2.18. The lowest BCUT2D eigenvalue weighted by Gasteiger charge is -2.05. The second kappa shape index (κ2) is 6.04. The maximum Gasteiger partial charge on any atom is 0.240 e. The van der Waals surface area contributed by atoms with Gasteiger partial charge in [-0.2, -0.15) is 0 Å². The Kier molecular flexibility index (Phi) is 3.82. The first kappa shape index (κ1) is 16.4. The molecule has 26 heavy (non-hydrogen) atoms. The SMILES string of the molecule is CNS(=O)(=O)c1ccc2c(c1)nc(-c1ccc(-n3ccnc3)nc1)n2C. The number of imidazole rings is 2. The fourth-order valence-electron chi connectivity index (χ4n) is 2.79. The van der Waals surface area contributed by atoms with Gasteiger partial charge in [0.2, 0.25) is 10.0 Å². The molecule has 0 saturated carbocycles. The van der Waals surface area contributed by atoms with E-state index in [1.165, 1.54) is 7.05 Å². The van der Waals surface area contributed by atoms with Crippen molar-refractivity contribution in [3.63, 3.8) is 0 Å². The molecule has 9 heteroatoms. The molecule has 3 heterocycles. The highest BCUT2D eigenvalue weighted by Gasteiger charge is 2.16. The second-order valence-corrected chi connectivity index (χ2v) is 7.61. The van der Waals surface area contributed by atoms with Crippen molar-refractivity contribution in [1.82, 2.24) is 28.8 Å². The third-order valence-corrected chi connectivity index (χ3v) is 5.62. The summed E-state index contributed by atoms with van der Waals surface area (Å²) >= 11 is 0. The summed E-state index contributed by atoms with van der Waals surface area (Å²) in [5.41, 5.74) is 2.29. The number of fused-ring (bicyclic) bond motifs is 1. The van der Waals surface area contributed by atoms with Crippen LogP contribution in [0.4, 0.5) is 0 Å². The molecule has 0 saturated heterocycles. The lowest BCUT2D eigenvalue weighted by molar-refractivity contribution is 0.588. The minimum absolute atomic E-state index is 0.186. The van der Waals surface area contributed by atoms with E-state index in [1.54, 1.807) is 36.9 Å². The van der Waals surface area contributed by atoms with E-state index in [4.69, 9.17) is 0 Å². The summed E-state index contributed by atoms with van der Waals surface area (Å²) in [6.45, 7) is 0. The number of benzene rings is 1.